The number of quaternary nitrogens is 1. The molecule has 29 heavy (non-hydrogen) atoms. The van der Waals surface area contributed by atoms with Crippen molar-refractivity contribution in [2.45, 2.75) is 46.7 Å². The number of rotatable bonds is 6. The molecule has 0 aliphatic carbocycles. The van der Waals surface area contributed by atoms with Crippen molar-refractivity contribution in [2.24, 2.45) is 0 Å². The highest BCUT2D eigenvalue weighted by molar-refractivity contribution is 7.91. The monoisotopic (exact) mass is 419 g/mol. The minimum Gasteiger partial charge on any atom is -0.326 e. The van der Waals surface area contributed by atoms with Crippen molar-refractivity contribution in [1.29, 1.82) is 0 Å². The summed E-state index contributed by atoms with van der Waals surface area (Å²) in [6.07, 6.45) is 0.616. The van der Waals surface area contributed by atoms with Crippen molar-refractivity contribution in [3.05, 3.63) is 46.3 Å². The van der Waals surface area contributed by atoms with E-state index in [-0.39, 0.29) is 23.5 Å². The van der Waals surface area contributed by atoms with Gasteiger partial charge in [0.2, 0.25) is 0 Å². The summed E-state index contributed by atoms with van der Waals surface area (Å²) in [5, 5.41) is 7.60. The number of carbonyl (C=O) groups is 1. The number of aryl methyl sites for hydroxylation is 3. The maximum atomic E-state index is 12.5. The molecule has 1 saturated heterocycles. The average Bonchev–Trinajstić information content (AvgIpc) is 3.07. The molecule has 8 heteroatoms. The zero-order chi connectivity index (χ0) is 21.3. The second-order valence-corrected chi connectivity index (χ2v) is 10.6. The molecule has 0 spiro atoms. The van der Waals surface area contributed by atoms with Crippen LogP contribution in [0.25, 0.3) is 0 Å². The van der Waals surface area contributed by atoms with E-state index in [4.69, 9.17) is 0 Å². The quantitative estimate of drug-likeness (QED) is 0.735. The maximum absolute atomic E-state index is 12.5. The Morgan fingerprint density at radius 1 is 1.21 bits per heavy atom. The zero-order valence-corrected chi connectivity index (χ0v) is 18.7. The van der Waals surface area contributed by atoms with Crippen molar-refractivity contribution in [1.82, 2.24) is 9.78 Å². The number of nitrogens with zero attached hydrogens (tertiary/aromatic N) is 2. The Balaban J connectivity index is 1.64. The summed E-state index contributed by atoms with van der Waals surface area (Å²) in [5.41, 5.74) is 6.05. The van der Waals surface area contributed by atoms with E-state index in [9.17, 15) is 13.2 Å². The summed E-state index contributed by atoms with van der Waals surface area (Å²) < 4.78 is 25.5. The SMILES string of the molecule is Cc1cc(C)cc(NC(=O)C[NH+](C)Cc2c(C)nn([C@@H]3CCS(=O)(=O)C3)c2C)c1. The third-order valence-electron chi connectivity index (χ3n) is 5.48. The summed E-state index contributed by atoms with van der Waals surface area (Å²) in [6.45, 7) is 8.97. The molecule has 1 unspecified atom stereocenters. The first kappa shape index (κ1) is 21.5. The van der Waals surface area contributed by atoms with Gasteiger partial charge in [0, 0.05) is 11.4 Å². The first-order chi connectivity index (χ1) is 13.5. The van der Waals surface area contributed by atoms with Crippen LogP contribution in [0.2, 0.25) is 0 Å². The van der Waals surface area contributed by atoms with Gasteiger partial charge in [0.1, 0.15) is 6.54 Å². The van der Waals surface area contributed by atoms with Crippen molar-refractivity contribution < 1.29 is 18.1 Å². The molecule has 2 N–H and O–H groups in total. The van der Waals surface area contributed by atoms with Gasteiger partial charge in [-0.05, 0) is 57.4 Å². The van der Waals surface area contributed by atoms with Crippen LogP contribution in [0, 0.1) is 27.7 Å². The molecule has 2 aromatic rings. The minimum absolute atomic E-state index is 0.0305. The smallest absolute Gasteiger partial charge is 0.279 e. The predicted molar refractivity (Wildman–Crippen MR) is 114 cm³/mol. The van der Waals surface area contributed by atoms with E-state index in [1.54, 1.807) is 0 Å². The second-order valence-electron chi connectivity index (χ2n) is 8.39. The fourth-order valence-corrected chi connectivity index (χ4v) is 5.86. The van der Waals surface area contributed by atoms with E-state index in [0.717, 1.165) is 38.7 Å². The molecule has 1 aromatic carbocycles. The number of hydrogen-bond acceptors (Lipinski definition) is 4. The lowest BCUT2D eigenvalue weighted by molar-refractivity contribution is -0.885. The van der Waals surface area contributed by atoms with Crippen LogP contribution < -0.4 is 10.2 Å². The number of anilines is 1. The van der Waals surface area contributed by atoms with Gasteiger partial charge < -0.3 is 10.2 Å². The van der Waals surface area contributed by atoms with Crippen LogP contribution in [0.4, 0.5) is 5.69 Å². The lowest BCUT2D eigenvalue weighted by Gasteiger charge is -2.15. The first-order valence-electron chi connectivity index (χ1n) is 9.98. The van der Waals surface area contributed by atoms with Crippen molar-refractivity contribution in [2.75, 3.05) is 30.4 Å². The van der Waals surface area contributed by atoms with Crippen LogP contribution in [-0.2, 0) is 21.2 Å². The van der Waals surface area contributed by atoms with E-state index in [1.165, 1.54) is 0 Å². The third-order valence-corrected chi connectivity index (χ3v) is 7.23. The van der Waals surface area contributed by atoms with E-state index in [0.29, 0.717) is 19.5 Å². The molecule has 0 radical (unpaired) electrons. The summed E-state index contributed by atoms with van der Waals surface area (Å²) in [6, 6.07) is 5.93. The predicted octanol–water partition coefficient (Wildman–Crippen LogP) is 1.13. The van der Waals surface area contributed by atoms with Crippen LogP contribution >= 0.6 is 0 Å². The molecule has 7 nitrogen and oxygen atoms in total. The summed E-state index contributed by atoms with van der Waals surface area (Å²) in [5.74, 6) is 0.363. The lowest BCUT2D eigenvalue weighted by atomic mass is 10.1. The average molecular weight is 420 g/mol. The van der Waals surface area contributed by atoms with E-state index in [1.807, 2.05) is 51.6 Å². The van der Waals surface area contributed by atoms with Gasteiger partial charge in [-0.15, -0.1) is 0 Å². The van der Waals surface area contributed by atoms with Crippen molar-refractivity contribution >= 4 is 21.4 Å². The molecular weight excluding hydrogens is 388 g/mol. The standard InChI is InChI=1S/C21H30N4O3S/c1-14-8-15(2)10-18(9-14)22-21(26)12-24(5)11-20-16(3)23-25(17(20)4)19-6-7-29(27,28)13-19/h8-10,19H,6-7,11-13H2,1-5H3,(H,22,26)/p+1/t19-/m1/s1. The highest BCUT2D eigenvalue weighted by atomic mass is 32.2. The number of aromatic nitrogens is 2. The molecule has 1 amide bonds. The Morgan fingerprint density at radius 3 is 2.45 bits per heavy atom. The Bertz CT molecular complexity index is 1010. The van der Waals surface area contributed by atoms with Gasteiger partial charge in [0.05, 0.1) is 35.9 Å². The molecule has 0 saturated carbocycles. The molecule has 1 aliphatic heterocycles. The van der Waals surface area contributed by atoms with Crippen LogP contribution in [0.5, 0.6) is 0 Å². The number of likely N-dealkylation sites (N-methyl/N-ethyl adjacent to an activating group) is 1. The topological polar surface area (TPSA) is 85.5 Å². The van der Waals surface area contributed by atoms with Crippen molar-refractivity contribution in [3.8, 4) is 0 Å². The summed E-state index contributed by atoms with van der Waals surface area (Å²) in [4.78, 5) is 13.5. The Hall–Kier alpha value is -2.19. The highest BCUT2D eigenvalue weighted by Gasteiger charge is 2.31. The zero-order valence-electron chi connectivity index (χ0n) is 17.9. The minimum atomic E-state index is -2.96. The summed E-state index contributed by atoms with van der Waals surface area (Å²) in [7, 11) is -0.974. The van der Waals surface area contributed by atoms with Gasteiger partial charge in [-0.1, -0.05) is 6.07 Å². The lowest BCUT2D eigenvalue weighted by Crippen LogP contribution is -3.08. The Labute approximate surface area is 173 Å². The van der Waals surface area contributed by atoms with Crippen molar-refractivity contribution in [3.63, 3.8) is 0 Å². The van der Waals surface area contributed by atoms with Gasteiger partial charge in [0.25, 0.3) is 5.91 Å². The van der Waals surface area contributed by atoms with E-state index < -0.39 is 9.84 Å². The van der Waals surface area contributed by atoms with E-state index >= 15 is 0 Å². The third kappa shape index (κ3) is 5.25. The number of amides is 1. The fraction of sp³-hybridized carbons (Fsp3) is 0.524. The van der Waals surface area contributed by atoms with Gasteiger partial charge in [-0.3, -0.25) is 9.48 Å². The molecule has 1 aromatic heterocycles. The summed E-state index contributed by atoms with van der Waals surface area (Å²) >= 11 is 0. The molecule has 1 fully saturated rings. The number of benzene rings is 1. The van der Waals surface area contributed by atoms with Crippen LogP contribution in [0.3, 0.4) is 0 Å². The molecule has 1 aliphatic rings. The van der Waals surface area contributed by atoms with Crippen LogP contribution in [0.15, 0.2) is 18.2 Å². The number of nitrogens with one attached hydrogen (secondary N) is 2. The maximum Gasteiger partial charge on any atom is 0.279 e. The molecule has 3 rings (SSSR count). The highest BCUT2D eigenvalue weighted by Crippen LogP contribution is 2.26. The molecule has 2 heterocycles. The molecule has 158 valence electrons. The molecular formula is C21H31N4O3S+. The Kier molecular flexibility index (Phi) is 6.14. The van der Waals surface area contributed by atoms with Crippen LogP contribution in [0.1, 0.15) is 40.5 Å². The number of sulfone groups is 1. The van der Waals surface area contributed by atoms with Gasteiger partial charge in [-0.25, -0.2) is 8.42 Å². The number of carbonyl (C=O) groups excluding carboxylic acids is 1. The largest absolute Gasteiger partial charge is 0.326 e. The Morgan fingerprint density at radius 2 is 1.86 bits per heavy atom. The van der Waals surface area contributed by atoms with Gasteiger partial charge in [-0.2, -0.15) is 5.10 Å². The van der Waals surface area contributed by atoms with Crippen LogP contribution in [-0.4, -0.2) is 49.2 Å². The fourth-order valence-electron chi connectivity index (χ4n) is 4.17. The second kappa shape index (κ2) is 8.28. The number of hydrogen-bond donors (Lipinski definition) is 2. The van der Waals surface area contributed by atoms with Gasteiger partial charge >= 0.3 is 0 Å². The molecule has 0 bridgehead atoms. The van der Waals surface area contributed by atoms with Gasteiger partial charge in [0.15, 0.2) is 16.4 Å². The molecule has 2 atom stereocenters. The first-order valence-corrected chi connectivity index (χ1v) is 11.8. The van der Waals surface area contributed by atoms with E-state index in [2.05, 4.69) is 16.5 Å². The normalized spacial score (nSPS) is 19.3.